The molecule has 1 aliphatic heterocycles. The highest BCUT2D eigenvalue weighted by atomic mass is 79.9. The van der Waals surface area contributed by atoms with E-state index in [1.807, 2.05) is 17.5 Å². The molecule has 1 atom stereocenters. The van der Waals surface area contributed by atoms with Crippen LogP contribution in [0.2, 0.25) is 5.02 Å². The Labute approximate surface area is 127 Å². The summed E-state index contributed by atoms with van der Waals surface area (Å²) in [6.07, 6.45) is 0.387. The molecule has 3 rings (SSSR count). The van der Waals surface area contributed by atoms with Gasteiger partial charge in [-0.1, -0.05) is 11.6 Å². The highest BCUT2D eigenvalue weighted by Gasteiger charge is 2.23. The minimum Gasteiger partial charge on any atom is -0.325 e. The van der Waals surface area contributed by atoms with Crippen LogP contribution in [0.3, 0.4) is 0 Å². The third-order valence-electron chi connectivity index (χ3n) is 3.11. The van der Waals surface area contributed by atoms with E-state index in [4.69, 9.17) is 17.3 Å². The van der Waals surface area contributed by atoms with Gasteiger partial charge >= 0.3 is 0 Å². The molecule has 1 aromatic carbocycles. The highest BCUT2D eigenvalue weighted by Crippen LogP contribution is 2.37. The number of nitrogens with one attached hydrogen (secondary N) is 1. The zero-order valence-electron chi connectivity index (χ0n) is 9.74. The Balaban J connectivity index is 2.05. The van der Waals surface area contributed by atoms with Crippen molar-refractivity contribution < 1.29 is 4.79 Å². The third-order valence-corrected chi connectivity index (χ3v) is 5.39. The molecule has 0 saturated carbocycles. The molecular formula is C13H10BrClN2OS. The molecule has 19 heavy (non-hydrogen) atoms. The smallest absolute Gasteiger partial charge is 0.228 e. The lowest BCUT2D eigenvalue weighted by molar-refractivity contribution is -0.115. The van der Waals surface area contributed by atoms with Gasteiger partial charge in [0.15, 0.2) is 0 Å². The first-order valence-corrected chi connectivity index (χ1v) is 7.72. The Kier molecular flexibility index (Phi) is 3.39. The number of rotatable bonds is 2. The van der Waals surface area contributed by atoms with Crippen molar-refractivity contribution in [1.82, 2.24) is 0 Å². The van der Waals surface area contributed by atoms with Crippen LogP contribution >= 0.6 is 38.9 Å². The Bertz CT molecular complexity index is 671. The van der Waals surface area contributed by atoms with Crippen LogP contribution < -0.4 is 11.1 Å². The molecule has 0 radical (unpaired) electrons. The first-order chi connectivity index (χ1) is 9.06. The van der Waals surface area contributed by atoms with E-state index in [0.717, 1.165) is 26.2 Å². The Morgan fingerprint density at radius 1 is 1.47 bits per heavy atom. The maximum absolute atomic E-state index is 11.4. The van der Waals surface area contributed by atoms with Crippen molar-refractivity contribution in [2.45, 2.75) is 12.5 Å². The van der Waals surface area contributed by atoms with E-state index >= 15 is 0 Å². The molecule has 0 fully saturated rings. The number of nitrogens with two attached hydrogens (primary N) is 1. The lowest BCUT2D eigenvalue weighted by Crippen LogP contribution is -2.11. The molecule has 2 aromatic rings. The second-order valence-electron chi connectivity index (χ2n) is 4.37. The number of carbonyl (C=O) groups is 1. The summed E-state index contributed by atoms with van der Waals surface area (Å²) in [7, 11) is 0. The van der Waals surface area contributed by atoms with Gasteiger partial charge in [-0.25, -0.2) is 0 Å². The van der Waals surface area contributed by atoms with Crippen LogP contribution in [0, 0.1) is 0 Å². The molecular weight excluding hydrogens is 348 g/mol. The Hall–Kier alpha value is -0.880. The summed E-state index contributed by atoms with van der Waals surface area (Å²) in [5.41, 5.74) is 8.87. The van der Waals surface area contributed by atoms with E-state index in [2.05, 4.69) is 21.2 Å². The maximum atomic E-state index is 11.4. The predicted molar refractivity (Wildman–Crippen MR) is 81.8 cm³/mol. The Morgan fingerprint density at radius 3 is 2.95 bits per heavy atom. The van der Waals surface area contributed by atoms with Gasteiger partial charge in [0.1, 0.15) is 0 Å². The summed E-state index contributed by atoms with van der Waals surface area (Å²) in [6, 6.07) is 5.37. The Morgan fingerprint density at radius 2 is 2.26 bits per heavy atom. The van der Waals surface area contributed by atoms with E-state index in [1.54, 1.807) is 17.4 Å². The molecule has 1 amide bonds. The first-order valence-electron chi connectivity index (χ1n) is 5.67. The molecule has 1 aliphatic rings. The number of anilines is 1. The van der Waals surface area contributed by atoms with Gasteiger partial charge in [-0.2, -0.15) is 0 Å². The zero-order valence-corrected chi connectivity index (χ0v) is 12.9. The van der Waals surface area contributed by atoms with E-state index < -0.39 is 0 Å². The third kappa shape index (κ3) is 2.31. The van der Waals surface area contributed by atoms with Crippen LogP contribution in [0.5, 0.6) is 0 Å². The van der Waals surface area contributed by atoms with Gasteiger partial charge in [0, 0.05) is 20.1 Å². The standard InChI is InChI=1S/C13H10BrClN2OS/c14-8-1-2-19-13(8)12(16)7-3-6-4-11(18)17-10(6)5-9(7)15/h1-3,5,12H,4,16H2,(H,17,18). The number of benzene rings is 1. The minimum atomic E-state index is -0.289. The second-order valence-corrected chi connectivity index (χ2v) is 6.58. The number of fused-ring (bicyclic) bond motifs is 1. The van der Waals surface area contributed by atoms with E-state index in [9.17, 15) is 4.79 Å². The van der Waals surface area contributed by atoms with Crippen molar-refractivity contribution in [2.24, 2.45) is 5.73 Å². The quantitative estimate of drug-likeness (QED) is 0.861. The molecule has 0 aliphatic carbocycles. The van der Waals surface area contributed by atoms with Gasteiger partial charge in [0.25, 0.3) is 0 Å². The van der Waals surface area contributed by atoms with Crippen molar-refractivity contribution in [1.29, 1.82) is 0 Å². The lowest BCUT2D eigenvalue weighted by atomic mass is 10.0. The van der Waals surface area contributed by atoms with Gasteiger partial charge in [0.2, 0.25) is 5.91 Å². The molecule has 1 aromatic heterocycles. The largest absolute Gasteiger partial charge is 0.325 e. The molecule has 3 nitrogen and oxygen atoms in total. The number of amides is 1. The molecule has 0 saturated heterocycles. The predicted octanol–water partition coefficient (Wildman–Crippen LogP) is 3.71. The van der Waals surface area contributed by atoms with E-state index in [0.29, 0.717) is 11.4 Å². The molecule has 3 N–H and O–H groups in total. The number of hydrogen-bond donors (Lipinski definition) is 2. The lowest BCUT2D eigenvalue weighted by Gasteiger charge is -2.14. The van der Waals surface area contributed by atoms with Gasteiger partial charge in [-0.05, 0) is 50.6 Å². The van der Waals surface area contributed by atoms with Crippen LogP contribution in [0.1, 0.15) is 22.0 Å². The number of hydrogen-bond acceptors (Lipinski definition) is 3. The van der Waals surface area contributed by atoms with Gasteiger partial charge in [-0.3, -0.25) is 4.79 Å². The topological polar surface area (TPSA) is 55.1 Å². The zero-order chi connectivity index (χ0) is 13.6. The van der Waals surface area contributed by atoms with Crippen LogP contribution in [0.25, 0.3) is 0 Å². The first kappa shape index (κ1) is 13.1. The summed E-state index contributed by atoms with van der Waals surface area (Å²) >= 11 is 11.3. The van der Waals surface area contributed by atoms with Gasteiger partial charge in [-0.15, -0.1) is 11.3 Å². The van der Waals surface area contributed by atoms with Crippen LogP contribution in [-0.4, -0.2) is 5.91 Å². The summed E-state index contributed by atoms with van der Waals surface area (Å²) in [5, 5.41) is 5.34. The van der Waals surface area contributed by atoms with Crippen LogP contribution in [-0.2, 0) is 11.2 Å². The molecule has 1 unspecified atom stereocenters. The molecule has 2 heterocycles. The van der Waals surface area contributed by atoms with Crippen molar-refractivity contribution >= 4 is 50.5 Å². The number of halogens is 2. The molecule has 0 spiro atoms. The average molecular weight is 358 g/mol. The number of carbonyl (C=O) groups excluding carboxylic acids is 1. The normalized spacial score (nSPS) is 15.2. The fraction of sp³-hybridized carbons (Fsp3) is 0.154. The summed E-state index contributed by atoms with van der Waals surface area (Å²) < 4.78 is 0.982. The van der Waals surface area contributed by atoms with Gasteiger partial charge < -0.3 is 11.1 Å². The SMILES string of the molecule is NC(c1cc2c(cc1Cl)NC(=O)C2)c1sccc1Br. The molecule has 6 heteroatoms. The highest BCUT2D eigenvalue weighted by molar-refractivity contribution is 9.10. The van der Waals surface area contributed by atoms with E-state index in [1.165, 1.54) is 0 Å². The monoisotopic (exact) mass is 356 g/mol. The van der Waals surface area contributed by atoms with Gasteiger partial charge in [0.05, 0.1) is 12.5 Å². The summed E-state index contributed by atoms with van der Waals surface area (Å²) in [5.74, 6) is -0.00547. The molecule has 98 valence electrons. The van der Waals surface area contributed by atoms with Crippen LogP contribution in [0.15, 0.2) is 28.1 Å². The molecule has 0 bridgehead atoms. The fourth-order valence-electron chi connectivity index (χ4n) is 2.17. The summed E-state index contributed by atoms with van der Waals surface area (Å²) in [4.78, 5) is 12.4. The second kappa shape index (κ2) is 4.90. The average Bonchev–Trinajstić information content (AvgIpc) is 2.92. The van der Waals surface area contributed by atoms with Crippen molar-refractivity contribution in [2.75, 3.05) is 5.32 Å². The number of thiophene rings is 1. The maximum Gasteiger partial charge on any atom is 0.228 e. The van der Waals surface area contributed by atoms with Crippen molar-refractivity contribution in [3.8, 4) is 0 Å². The summed E-state index contributed by atoms with van der Waals surface area (Å²) in [6.45, 7) is 0. The minimum absolute atomic E-state index is 0.00547. The van der Waals surface area contributed by atoms with Crippen molar-refractivity contribution in [3.63, 3.8) is 0 Å². The van der Waals surface area contributed by atoms with E-state index in [-0.39, 0.29) is 11.9 Å². The van der Waals surface area contributed by atoms with Crippen molar-refractivity contribution in [3.05, 3.63) is 49.1 Å². The fourth-order valence-corrected chi connectivity index (χ4v) is 4.09. The van der Waals surface area contributed by atoms with Crippen LogP contribution in [0.4, 0.5) is 5.69 Å².